The van der Waals surface area contributed by atoms with Gasteiger partial charge in [-0.05, 0) is 27.2 Å². The third-order valence-electron chi connectivity index (χ3n) is 2.66. The van der Waals surface area contributed by atoms with Crippen molar-refractivity contribution in [2.45, 2.75) is 58.1 Å². The zero-order valence-corrected chi connectivity index (χ0v) is 14.3. The SMILES string of the molecule is COC(=O)CCC(=O)N[C@H](CCC(=O)OC(C)(C)C)C(=O)OC. The molecule has 0 bridgehead atoms. The minimum Gasteiger partial charge on any atom is -0.469 e. The van der Waals surface area contributed by atoms with E-state index in [1.165, 1.54) is 14.2 Å². The van der Waals surface area contributed by atoms with E-state index >= 15 is 0 Å². The molecule has 8 heteroatoms. The highest BCUT2D eigenvalue weighted by Gasteiger charge is 2.24. The molecule has 0 rings (SSSR count). The molecule has 0 spiro atoms. The number of methoxy groups -OCH3 is 2. The lowest BCUT2D eigenvalue weighted by molar-refractivity contribution is -0.155. The Hall–Kier alpha value is -2.12. The molecule has 0 aliphatic heterocycles. The summed E-state index contributed by atoms with van der Waals surface area (Å²) in [6.45, 7) is 5.20. The smallest absolute Gasteiger partial charge is 0.328 e. The van der Waals surface area contributed by atoms with E-state index in [0.29, 0.717) is 0 Å². The number of hydrogen-bond acceptors (Lipinski definition) is 7. The van der Waals surface area contributed by atoms with Gasteiger partial charge in [0.25, 0.3) is 0 Å². The summed E-state index contributed by atoms with van der Waals surface area (Å²) in [4.78, 5) is 46.0. The first-order valence-electron chi connectivity index (χ1n) is 7.25. The summed E-state index contributed by atoms with van der Waals surface area (Å²) in [5, 5.41) is 2.44. The summed E-state index contributed by atoms with van der Waals surface area (Å²) in [5.74, 6) is -2.17. The predicted octanol–water partition coefficient (Wildman–Crippen LogP) is 0.719. The number of ether oxygens (including phenoxy) is 3. The van der Waals surface area contributed by atoms with Gasteiger partial charge in [0, 0.05) is 12.8 Å². The van der Waals surface area contributed by atoms with Crippen LogP contribution in [0, 0.1) is 0 Å². The van der Waals surface area contributed by atoms with Crippen LogP contribution in [-0.2, 0) is 33.4 Å². The van der Waals surface area contributed by atoms with E-state index in [1.807, 2.05) is 0 Å². The quantitative estimate of drug-likeness (QED) is 0.515. The third kappa shape index (κ3) is 10.3. The number of hydrogen-bond donors (Lipinski definition) is 1. The number of rotatable bonds is 8. The van der Waals surface area contributed by atoms with Gasteiger partial charge in [-0.3, -0.25) is 14.4 Å². The van der Waals surface area contributed by atoms with Crippen molar-refractivity contribution in [1.82, 2.24) is 5.32 Å². The van der Waals surface area contributed by atoms with Crippen molar-refractivity contribution in [3.63, 3.8) is 0 Å². The molecule has 0 aromatic carbocycles. The van der Waals surface area contributed by atoms with Crippen LogP contribution in [0.1, 0.15) is 46.5 Å². The molecule has 1 atom stereocenters. The Balaban J connectivity index is 4.48. The molecular weight excluding hydrogens is 306 g/mol. The van der Waals surface area contributed by atoms with Crippen LogP contribution in [0.25, 0.3) is 0 Å². The summed E-state index contributed by atoms with van der Waals surface area (Å²) >= 11 is 0. The molecular formula is C15H25NO7. The van der Waals surface area contributed by atoms with Crippen LogP contribution in [0.4, 0.5) is 0 Å². The largest absolute Gasteiger partial charge is 0.469 e. The minimum atomic E-state index is -0.974. The maximum Gasteiger partial charge on any atom is 0.328 e. The van der Waals surface area contributed by atoms with Crippen LogP contribution in [0.2, 0.25) is 0 Å². The summed E-state index contributed by atoms with van der Waals surface area (Å²) in [5.41, 5.74) is -0.623. The summed E-state index contributed by atoms with van der Waals surface area (Å²) in [7, 11) is 2.40. The lowest BCUT2D eigenvalue weighted by Crippen LogP contribution is -2.42. The Kier molecular flexibility index (Phi) is 8.90. The van der Waals surface area contributed by atoms with Crippen molar-refractivity contribution in [2.24, 2.45) is 0 Å². The highest BCUT2D eigenvalue weighted by Crippen LogP contribution is 2.10. The number of nitrogens with one attached hydrogen (secondary N) is 1. The van der Waals surface area contributed by atoms with E-state index in [9.17, 15) is 19.2 Å². The summed E-state index contributed by atoms with van der Waals surface area (Å²) < 4.78 is 14.2. The highest BCUT2D eigenvalue weighted by atomic mass is 16.6. The monoisotopic (exact) mass is 331 g/mol. The molecule has 0 radical (unpaired) electrons. The average molecular weight is 331 g/mol. The summed E-state index contributed by atoms with van der Waals surface area (Å²) in [6, 6.07) is -0.974. The first-order chi connectivity index (χ1) is 10.6. The van der Waals surface area contributed by atoms with Crippen molar-refractivity contribution < 1.29 is 33.4 Å². The van der Waals surface area contributed by atoms with E-state index in [0.717, 1.165) is 0 Å². The molecule has 8 nitrogen and oxygen atoms in total. The maximum atomic E-state index is 11.7. The average Bonchev–Trinajstić information content (AvgIpc) is 2.46. The van der Waals surface area contributed by atoms with Crippen molar-refractivity contribution in [3.8, 4) is 0 Å². The van der Waals surface area contributed by atoms with Crippen molar-refractivity contribution >= 4 is 23.8 Å². The first-order valence-corrected chi connectivity index (χ1v) is 7.25. The molecule has 0 aliphatic rings. The van der Waals surface area contributed by atoms with Gasteiger partial charge in [-0.1, -0.05) is 0 Å². The van der Waals surface area contributed by atoms with Crippen LogP contribution in [0.5, 0.6) is 0 Å². The number of amides is 1. The van der Waals surface area contributed by atoms with Crippen LogP contribution in [0.15, 0.2) is 0 Å². The number of carbonyl (C=O) groups excluding carboxylic acids is 4. The Morgan fingerprint density at radius 2 is 1.52 bits per heavy atom. The van der Waals surface area contributed by atoms with Crippen LogP contribution in [-0.4, -0.2) is 49.7 Å². The van der Waals surface area contributed by atoms with Gasteiger partial charge >= 0.3 is 17.9 Å². The second kappa shape index (κ2) is 9.81. The fourth-order valence-corrected chi connectivity index (χ4v) is 1.63. The van der Waals surface area contributed by atoms with Gasteiger partial charge in [0.15, 0.2) is 0 Å². The molecule has 23 heavy (non-hydrogen) atoms. The van der Waals surface area contributed by atoms with Gasteiger partial charge in [-0.2, -0.15) is 0 Å². The van der Waals surface area contributed by atoms with Gasteiger partial charge in [0.1, 0.15) is 11.6 Å². The lowest BCUT2D eigenvalue weighted by atomic mass is 10.1. The standard InChI is InChI=1S/C15H25NO7/c1-15(2,3)23-13(19)8-6-10(14(20)22-5)16-11(17)7-9-12(18)21-4/h10H,6-9H2,1-5H3,(H,16,17)/t10-/m1/s1. The van der Waals surface area contributed by atoms with Crippen LogP contribution in [0.3, 0.4) is 0 Å². The Labute approximate surface area is 135 Å². The molecule has 0 fully saturated rings. The Morgan fingerprint density at radius 1 is 0.913 bits per heavy atom. The maximum absolute atomic E-state index is 11.7. The normalized spacial score (nSPS) is 12.0. The van der Waals surface area contributed by atoms with E-state index in [1.54, 1.807) is 20.8 Å². The first kappa shape index (κ1) is 20.9. The van der Waals surface area contributed by atoms with Gasteiger partial charge in [0.05, 0.1) is 20.6 Å². The van der Waals surface area contributed by atoms with Crippen LogP contribution >= 0.6 is 0 Å². The second-order valence-corrected chi connectivity index (χ2v) is 5.84. The molecule has 0 heterocycles. The van der Waals surface area contributed by atoms with Gasteiger partial charge in [-0.25, -0.2) is 4.79 Å². The molecule has 0 aromatic rings. The minimum absolute atomic E-state index is 0.0472. The fourth-order valence-electron chi connectivity index (χ4n) is 1.63. The number of carbonyl (C=O) groups is 4. The molecule has 0 aliphatic carbocycles. The van der Waals surface area contributed by atoms with Gasteiger partial charge in [0.2, 0.25) is 5.91 Å². The molecule has 1 N–H and O–H groups in total. The molecule has 0 unspecified atom stereocenters. The van der Waals surface area contributed by atoms with Crippen molar-refractivity contribution in [1.29, 1.82) is 0 Å². The van der Waals surface area contributed by atoms with Gasteiger partial charge in [-0.15, -0.1) is 0 Å². The van der Waals surface area contributed by atoms with E-state index < -0.39 is 35.5 Å². The van der Waals surface area contributed by atoms with E-state index in [2.05, 4.69) is 14.8 Å². The Morgan fingerprint density at radius 3 is 2.00 bits per heavy atom. The fraction of sp³-hybridized carbons (Fsp3) is 0.733. The molecule has 132 valence electrons. The molecule has 1 amide bonds. The molecule has 0 aromatic heterocycles. The van der Waals surface area contributed by atoms with Crippen molar-refractivity contribution in [3.05, 3.63) is 0 Å². The molecule has 0 saturated heterocycles. The van der Waals surface area contributed by atoms with Crippen molar-refractivity contribution in [2.75, 3.05) is 14.2 Å². The zero-order chi connectivity index (χ0) is 18.0. The van der Waals surface area contributed by atoms with Crippen LogP contribution < -0.4 is 5.32 Å². The van der Waals surface area contributed by atoms with Gasteiger partial charge < -0.3 is 19.5 Å². The topological polar surface area (TPSA) is 108 Å². The van der Waals surface area contributed by atoms with E-state index in [-0.39, 0.29) is 25.7 Å². The van der Waals surface area contributed by atoms with E-state index in [4.69, 9.17) is 4.74 Å². The highest BCUT2D eigenvalue weighted by molar-refractivity contribution is 5.86. The molecule has 0 saturated carbocycles. The summed E-state index contributed by atoms with van der Waals surface area (Å²) in [6.07, 6.45) is -0.214. The Bertz CT molecular complexity index is 440. The predicted molar refractivity (Wildman–Crippen MR) is 80.3 cm³/mol. The third-order valence-corrected chi connectivity index (χ3v) is 2.66. The zero-order valence-electron chi connectivity index (χ0n) is 14.3. The number of esters is 3. The second-order valence-electron chi connectivity index (χ2n) is 5.84. The lowest BCUT2D eigenvalue weighted by Gasteiger charge is -2.21.